The number of anilines is 1. The average molecular weight is 422 g/mol. The minimum absolute atomic E-state index is 0.170. The van der Waals surface area contributed by atoms with Crippen LogP contribution in [0.4, 0.5) is 5.82 Å². The Labute approximate surface area is 168 Å². The summed E-state index contributed by atoms with van der Waals surface area (Å²) in [6.07, 6.45) is 0.562. The molecule has 0 aliphatic carbocycles. The van der Waals surface area contributed by atoms with Crippen molar-refractivity contribution in [3.8, 4) is 11.4 Å². The van der Waals surface area contributed by atoms with Gasteiger partial charge in [0.2, 0.25) is 0 Å². The molecule has 0 saturated carbocycles. The molecule has 2 amide bonds. The fourth-order valence-corrected chi connectivity index (χ4v) is 4.44. The van der Waals surface area contributed by atoms with E-state index in [2.05, 4.69) is 15.7 Å². The van der Waals surface area contributed by atoms with Crippen molar-refractivity contribution in [1.82, 2.24) is 15.1 Å². The number of hydrogen-bond acceptors (Lipinski definition) is 7. The summed E-state index contributed by atoms with van der Waals surface area (Å²) in [4.78, 5) is 24.4. The molecule has 2 aromatic rings. The Morgan fingerprint density at radius 1 is 1.14 bits per heavy atom. The Bertz CT molecular complexity index is 1010. The van der Waals surface area contributed by atoms with Crippen molar-refractivity contribution in [2.45, 2.75) is 17.9 Å². The van der Waals surface area contributed by atoms with E-state index in [1.807, 2.05) is 0 Å². The van der Waals surface area contributed by atoms with Crippen LogP contribution in [0.3, 0.4) is 0 Å². The van der Waals surface area contributed by atoms with Crippen LogP contribution in [-0.2, 0) is 35.7 Å². The van der Waals surface area contributed by atoms with Crippen LogP contribution in [0.5, 0.6) is 5.75 Å². The molecule has 29 heavy (non-hydrogen) atoms. The molecule has 0 bridgehead atoms. The summed E-state index contributed by atoms with van der Waals surface area (Å²) in [6, 6.07) is 6.87. The lowest BCUT2D eigenvalue weighted by atomic mass is 10.2. The largest absolute Gasteiger partial charge is 0.497 e. The summed E-state index contributed by atoms with van der Waals surface area (Å²) in [7, 11) is -0.246. The quantitative estimate of drug-likeness (QED) is 0.488. The van der Waals surface area contributed by atoms with Gasteiger partial charge in [-0.1, -0.05) is 0 Å². The molecular weight excluding hydrogens is 400 g/mol. The Morgan fingerprint density at radius 2 is 1.86 bits per heavy atom. The maximum absolute atomic E-state index is 12.4. The van der Waals surface area contributed by atoms with Crippen LogP contribution in [-0.4, -0.2) is 57.4 Å². The van der Waals surface area contributed by atoms with E-state index in [0.717, 1.165) is 0 Å². The zero-order valence-electron chi connectivity index (χ0n) is 16.1. The second kappa shape index (κ2) is 8.62. The molecule has 0 atom stereocenters. The Morgan fingerprint density at radius 3 is 2.52 bits per heavy atom. The molecule has 0 fully saturated rings. The minimum Gasteiger partial charge on any atom is -0.497 e. The fourth-order valence-electron chi connectivity index (χ4n) is 2.94. The van der Waals surface area contributed by atoms with E-state index in [4.69, 9.17) is 9.47 Å². The number of sulfone groups is 1. The van der Waals surface area contributed by atoms with Gasteiger partial charge < -0.3 is 20.1 Å². The minimum atomic E-state index is -3.33. The van der Waals surface area contributed by atoms with Crippen LogP contribution in [0.15, 0.2) is 24.3 Å². The Kier molecular flexibility index (Phi) is 6.18. The molecular formula is C18H22N4O6S. The first kappa shape index (κ1) is 20.8. The Balaban J connectivity index is 1.86. The summed E-state index contributed by atoms with van der Waals surface area (Å²) in [6.45, 7) is 0.738. The molecule has 1 aromatic heterocycles. The van der Waals surface area contributed by atoms with Crippen molar-refractivity contribution >= 4 is 27.5 Å². The van der Waals surface area contributed by atoms with E-state index in [0.29, 0.717) is 35.7 Å². The third kappa shape index (κ3) is 4.74. The normalized spacial score (nSPS) is 14.3. The van der Waals surface area contributed by atoms with Crippen molar-refractivity contribution in [3.05, 3.63) is 35.5 Å². The number of methoxy groups -OCH3 is 2. The van der Waals surface area contributed by atoms with Crippen molar-refractivity contribution in [2.24, 2.45) is 0 Å². The zero-order valence-corrected chi connectivity index (χ0v) is 16.9. The number of hydrogen-bond donors (Lipinski definition) is 2. The molecule has 11 heteroatoms. The van der Waals surface area contributed by atoms with Gasteiger partial charge in [-0.2, -0.15) is 5.10 Å². The monoisotopic (exact) mass is 422 g/mol. The summed E-state index contributed by atoms with van der Waals surface area (Å²) in [5.41, 5.74) is 1.34. The van der Waals surface area contributed by atoms with Gasteiger partial charge in [0, 0.05) is 25.8 Å². The van der Waals surface area contributed by atoms with Gasteiger partial charge in [-0.05, 0) is 30.7 Å². The smallest absolute Gasteiger partial charge is 0.314 e. The highest BCUT2D eigenvalue weighted by atomic mass is 32.2. The first-order valence-electron chi connectivity index (χ1n) is 8.88. The number of aromatic nitrogens is 2. The van der Waals surface area contributed by atoms with Crippen molar-refractivity contribution < 1.29 is 27.5 Å². The van der Waals surface area contributed by atoms with E-state index in [1.54, 1.807) is 38.5 Å². The van der Waals surface area contributed by atoms with Gasteiger partial charge in [0.05, 0.1) is 30.0 Å². The van der Waals surface area contributed by atoms with Gasteiger partial charge in [-0.15, -0.1) is 0 Å². The van der Waals surface area contributed by atoms with Gasteiger partial charge in [0.1, 0.15) is 11.6 Å². The number of ether oxygens (including phenoxy) is 2. The molecule has 0 saturated heterocycles. The summed E-state index contributed by atoms with van der Waals surface area (Å²) in [5, 5.41) is 9.36. The number of amides is 2. The number of nitrogens with zero attached hydrogens (tertiary/aromatic N) is 2. The number of carbonyl (C=O) groups excluding carboxylic acids is 2. The number of fused-ring (bicyclic) bond motifs is 1. The van der Waals surface area contributed by atoms with Crippen LogP contribution in [0.2, 0.25) is 0 Å². The predicted octanol–water partition coefficient (Wildman–Crippen LogP) is 0.401. The van der Waals surface area contributed by atoms with Gasteiger partial charge in [-0.25, -0.2) is 13.1 Å². The van der Waals surface area contributed by atoms with Crippen molar-refractivity contribution in [1.29, 1.82) is 0 Å². The molecule has 0 unspecified atom stereocenters. The van der Waals surface area contributed by atoms with Crippen LogP contribution in [0.25, 0.3) is 5.69 Å². The van der Waals surface area contributed by atoms with Crippen molar-refractivity contribution in [3.63, 3.8) is 0 Å². The molecule has 0 spiro atoms. The molecule has 2 N–H and O–H groups in total. The molecule has 1 aromatic carbocycles. The maximum atomic E-state index is 12.4. The third-order valence-corrected chi connectivity index (χ3v) is 5.80. The van der Waals surface area contributed by atoms with E-state index in [9.17, 15) is 18.0 Å². The fraction of sp³-hybridized carbons (Fsp3) is 0.389. The summed E-state index contributed by atoms with van der Waals surface area (Å²) in [5.74, 6) is -1.37. The number of nitrogens with one attached hydrogen (secondary N) is 2. The highest BCUT2D eigenvalue weighted by molar-refractivity contribution is 7.90. The lowest BCUT2D eigenvalue weighted by Crippen LogP contribution is -2.36. The first-order valence-corrected chi connectivity index (χ1v) is 10.7. The third-order valence-electron chi connectivity index (χ3n) is 4.35. The lowest BCUT2D eigenvalue weighted by Gasteiger charge is -2.11. The second-order valence-corrected chi connectivity index (χ2v) is 8.54. The van der Waals surface area contributed by atoms with Crippen LogP contribution in [0, 0.1) is 0 Å². The van der Waals surface area contributed by atoms with Gasteiger partial charge in [-0.3, -0.25) is 9.59 Å². The first-order chi connectivity index (χ1) is 13.8. The molecule has 1 aliphatic heterocycles. The molecule has 156 valence electrons. The van der Waals surface area contributed by atoms with Gasteiger partial charge in [0.15, 0.2) is 9.84 Å². The summed E-state index contributed by atoms with van der Waals surface area (Å²) >= 11 is 0. The molecule has 3 rings (SSSR count). The lowest BCUT2D eigenvalue weighted by molar-refractivity contribution is -0.136. The molecule has 1 aliphatic rings. The van der Waals surface area contributed by atoms with Crippen LogP contribution < -0.4 is 15.4 Å². The van der Waals surface area contributed by atoms with Crippen LogP contribution in [0.1, 0.15) is 17.7 Å². The molecule has 0 radical (unpaired) electrons. The topological polar surface area (TPSA) is 129 Å². The number of carbonyl (C=O) groups is 2. The van der Waals surface area contributed by atoms with Gasteiger partial charge in [0.25, 0.3) is 0 Å². The molecule has 10 nitrogen and oxygen atoms in total. The van der Waals surface area contributed by atoms with Gasteiger partial charge >= 0.3 is 11.8 Å². The molecule has 2 heterocycles. The zero-order chi connectivity index (χ0) is 21.0. The highest BCUT2D eigenvalue weighted by Gasteiger charge is 2.33. The van der Waals surface area contributed by atoms with E-state index in [1.165, 1.54) is 4.68 Å². The Hall–Kier alpha value is -2.92. The van der Waals surface area contributed by atoms with E-state index in [-0.39, 0.29) is 23.9 Å². The average Bonchev–Trinajstić information content (AvgIpc) is 3.17. The van der Waals surface area contributed by atoms with E-state index >= 15 is 0 Å². The maximum Gasteiger partial charge on any atom is 0.314 e. The van der Waals surface area contributed by atoms with E-state index < -0.39 is 21.7 Å². The standard InChI is InChI=1S/C18H22N4O6S/c1-27-9-3-8-19-17(23)18(24)20-16-14-10-29(25,26)11-15(14)21-22(16)12-4-6-13(28-2)7-5-12/h4-7H,3,8-11H2,1-2H3,(H,19,23)(H,20,24). The summed E-state index contributed by atoms with van der Waals surface area (Å²) < 4.78 is 35.4. The number of benzene rings is 1. The SMILES string of the molecule is COCCCNC(=O)C(=O)Nc1c2c(nn1-c1ccc(OC)cc1)CS(=O)(=O)C2. The number of rotatable bonds is 7. The highest BCUT2D eigenvalue weighted by Crippen LogP contribution is 2.33. The second-order valence-electron chi connectivity index (χ2n) is 6.47. The van der Waals surface area contributed by atoms with Crippen LogP contribution >= 0.6 is 0 Å². The predicted molar refractivity (Wildman–Crippen MR) is 105 cm³/mol. The van der Waals surface area contributed by atoms with Crippen molar-refractivity contribution in [2.75, 3.05) is 32.7 Å².